The Morgan fingerprint density at radius 3 is 1.18 bits per heavy atom. The van der Waals surface area contributed by atoms with E-state index < -0.39 is 57.9 Å². The summed E-state index contributed by atoms with van der Waals surface area (Å²) < 4.78 is 40.6. The van der Waals surface area contributed by atoms with Crippen LogP contribution in [-0.2, 0) is 37.7 Å². The Balaban J connectivity index is 0.00000118. The van der Waals surface area contributed by atoms with Crippen molar-refractivity contribution < 1.29 is 45.5 Å². The molecule has 0 aromatic heterocycles. The van der Waals surface area contributed by atoms with E-state index >= 15 is 0 Å². The minimum absolute atomic E-state index is 0.367. The maximum absolute atomic E-state index is 13.9. The first-order chi connectivity index (χ1) is 19.1. The number of hydrogen-bond acceptors (Lipinski definition) is 4. The fraction of sp³-hybridized carbons (Fsp3) is 0.226. The molecule has 0 radical (unpaired) electrons. The van der Waals surface area contributed by atoms with Crippen LogP contribution in [0.4, 0.5) is 8.78 Å². The zero-order valence-corrected chi connectivity index (χ0v) is 24.8. The summed E-state index contributed by atoms with van der Waals surface area (Å²) in [6.45, 7) is 3.40. The van der Waals surface area contributed by atoms with Gasteiger partial charge in [0.2, 0.25) is 0 Å². The van der Waals surface area contributed by atoms with E-state index in [1.165, 1.54) is 48.5 Å². The summed E-state index contributed by atoms with van der Waals surface area (Å²) in [6.07, 6.45) is -2.32. The van der Waals surface area contributed by atoms with Crippen LogP contribution in [0.2, 0.25) is 0 Å². The van der Waals surface area contributed by atoms with Gasteiger partial charge >= 0.3 is 35.6 Å². The van der Waals surface area contributed by atoms with Gasteiger partial charge in [-0.1, -0.05) is 84.9 Å². The number of ether oxygens (including phenoxy) is 2. The van der Waals surface area contributed by atoms with Crippen LogP contribution in [0.1, 0.15) is 36.1 Å². The van der Waals surface area contributed by atoms with Gasteiger partial charge in [-0.2, -0.15) is 0 Å². The standard InChI is InChI=1S/C31H28F2O4.2ClH.Ti/c1-29(2)36-27(30(34,21-9-5-3-6-10-21)23-13-17-25(32)18-14-23)28(37-29)31(35,22-11-7-4-8-12-22)24-15-19-26(33)20-16-24;;;/h3-20,27-28,34-35H,1-2H3;2*1H;/q;;;+2/p-2/t27-,28-,30-,31-;;;/m1.../s1. The van der Waals surface area contributed by atoms with E-state index in [9.17, 15) is 19.0 Å². The molecular formula is C31H28Cl2F2O4Ti. The Kier molecular flexibility index (Phi) is 9.87. The van der Waals surface area contributed by atoms with Gasteiger partial charge in [-0.15, -0.1) is 0 Å². The number of rotatable bonds is 6. The monoisotopic (exact) mass is 620 g/mol. The summed E-state index contributed by atoms with van der Waals surface area (Å²) in [7, 11) is 9.78. The molecule has 0 aliphatic carbocycles. The fourth-order valence-corrected chi connectivity index (χ4v) is 5.15. The molecule has 1 aliphatic heterocycles. The normalized spacial score (nSPS) is 20.9. The molecule has 9 heteroatoms. The maximum atomic E-state index is 13.9. The minimum atomic E-state index is -1.85. The molecule has 0 amide bonds. The van der Waals surface area contributed by atoms with Gasteiger partial charge in [-0.25, -0.2) is 8.78 Å². The van der Waals surface area contributed by atoms with Crippen LogP contribution in [0.15, 0.2) is 109 Å². The molecule has 208 valence electrons. The third-order valence-corrected chi connectivity index (χ3v) is 6.92. The molecule has 0 unspecified atom stereocenters. The zero-order valence-electron chi connectivity index (χ0n) is 21.8. The number of halogens is 4. The van der Waals surface area contributed by atoms with Crippen molar-refractivity contribution in [3.8, 4) is 0 Å². The fourth-order valence-electron chi connectivity index (χ4n) is 5.15. The van der Waals surface area contributed by atoms with E-state index in [0.29, 0.717) is 22.3 Å². The molecule has 1 heterocycles. The molecule has 4 aromatic rings. The molecule has 1 aliphatic rings. The molecule has 1 fully saturated rings. The molecule has 4 aromatic carbocycles. The molecule has 0 spiro atoms. The van der Waals surface area contributed by atoms with E-state index in [1.807, 2.05) is 12.1 Å². The average Bonchev–Trinajstić information content (AvgIpc) is 3.30. The molecule has 40 heavy (non-hydrogen) atoms. The van der Waals surface area contributed by atoms with Crippen molar-refractivity contribution >= 4 is 18.6 Å². The first-order valence-electron chi connectivity index (χ1n) is 12.5. The zero-order chi connectivity index (χ0) is 29.0. The SMILES string of the molecule is CC1(C)O[C@@H]([C@@](O)(c2ccccc2)c2ccc(F)cc2)[C@H]([C@@](O)(c2ccccc2)c2ccc(F)cc2)O1.[Cl][Ti][Cl]. The Hall–Kier alpha value is -2.13. The summed E-state index contributed by atoms with van der Waals surface area (Å²) in [5.74, 6) is -2.11. The summed E-state index contributed by atoms with van der Waals surface area (Å²) in [5.41, 5.74) is -2.01. The number of aliphatic hydroxyl groups is 2. The van der Waals surface area contributed by atoms with Crippen LogP contribution >= 0.6 is 18.6 Å². The van der Waals surface area contributed by atoms with Crippen molar-refractivity contribution in [2.45, 2.75) is 43.0 Å². The number of benzene rings is 4. The Morgan fingerprint density at radius 1 is 0.600 bits per heavy atom. The molecule has 0 bridgehead atoms. The molecule has 4 nitrogen and oxygen atoms in total. The van der Waals surface area contributed by atoms with E-state index in [1.54, 1.807) is 62.4 Å². The quantitative estimate of drug-likeness (QED) is 0.227. The topological polar surface area (TPSA) is 58.9 Å². The van der Waals surface area contributed by atoms with Crippen LogP contribution in [0.25, 0.3) is 0 Å². The van der Waals surface area contributed by atoms with E-state index in [0.717, 1.165) is 0 Å². The van der Waals surface area contributed by atoms with Crippen LogP contribution < -0.4 is 0 Å². The van der Waals surface area contributed by atoms with Crippen LogP contribution in [0.5, 0.6) is 0 Å². The summed E-state index contributed by atoms with van der Waals surface area (Å²) >= 11 is -0.556. The van der Waals surface area contributed by atoms with Gasteiger partial charge in [0.1, 0.15) is 35.0 Å². The third kappa shape index (κ3) is 6.20. The van der Waals surface area contributed by atoms with Gasteiger partial charge in [0.25, 0.3) is 0 Å². The molecule has 0 saturated carbocycles. The van der Waals surface area contributed by atoms with Crippen molar-refractivity contribution in [3.63, 3.8) is 0 Å². The van der Waals surface area contributed by atoms with Crippen molar-refractivity contribution in [1.29, 1.82) is 0 Å². The predicted molar refractivity (Wildman–Crippen MR) is 147 cm³/mol. The van der Waals surface area contributed by atoms with Gasteiger partial charge in [-0.05, 0) is 60.4 Å². The first-order valence-corrected chi connectivity index (χ1v) is 16.8. The second-order valence-electron chi connectivity index (χ2n) is 9.83. The van der Waals surface area contributed by atoms with Crippen molar-refractivity contribution in [2.75, 3.05) is 0 Å². The summed E-state index contributed by atoms with van der Waals surface area (Å²) in [5, 5.41) is 25.1. The Labute approximate surface area is 249 Å². The predicted octanol–water partition coefficient (Wildman–Crippen LogP) is 7.03. The summed E-state index contributed by atoms with van der Waals surface area (Å²) in [6, 6.07) is 28.8. The Morgan fingerprint density at radius 2 is 0.875 bits per heavy atom. The van der Waals surface area contributed by atoms with Crippen LogP contribution in [0, 0.1) is 11.6 Å². The Bertz CT molecular complexity index is 1270. The van der Waals surface area contributed by atoms with Gasteiger partial charge in [0.05, 0.1) is 0 Å². The average molecular weight is 621 g/mol. The first kappa shape index (κ1) is 30.8. The van der Waals surface area contributed by atoms with Crippen LogP contribution in [-0.4, -0.2) is 28.2 Å². The van der Waals surface area contributed by atoms with E-state index in [2.05, 4.69) is 0 Å². The molecule has 1 saturated heterocycles. The van der Waals surface area contributed by atoms with E-state index in [4.69, 9.17) is 28.1 Å². The molecule has 2 N–H and O–H groups in total. The molecular weight excluding hydrogens is 593 g/mol. The van der Waals surface area contributed by atoms with Gasteiger partial charge in [-0.3, -0.25) is 0 Å². The summed E-state index contributed by atoms with van der Waals surface area (Å²) in [4.78, 5) is 0. The second-order valence-corrected chi connectivity index (χ2v) is 12.4. The second kappa shape index (κ2) is 12.8. The van der Waals surface area contributed by atoms with Crippen LogP contribution in [0.3, 0.4) is 0 Å². The number of hydrogen-bond donors (Lipinski definition) is 2. The van der Waals surface area contributed by atoms with Gasteiger partial charge in [0.15, 0.2) is 5.79 Å². The van der Waals surface area contributed by atoms with E-state index in [-0.39, 0.29) is 0 Å². The van der Waals surface area contributed by atoms with Gasteiger partial charge in [0, 0.05) is 0 Å². The molecule has 4 atom stereocenters. The van der Waals surface area contributed by atoms with Crippen molar-refractivity contribution in [1.82, 2.24) is 0 Å². The van der Waals surface area contributed by atoms with Crippen molar-refractivity contribution in [3.05, 3.63) is 143 Å². The van der Waals surface area contributed by atoms with Gasteiger partial charge < -0.3 is 19.7 Å². The molecule has 5 rings (SSSR count). The third-order valence-electron chi connectivity index (χ3n) is 6.92. The van der Waals surface area contributed by atoms with Crippen molar-refractivity contribution in [2.24, 2.45) is 0 Å².